The van der Waals surface area contributed by atoms with Crippen molar-refractivity contribution < 1.29 is 14.3 Å². The second kappa shape index (κ2) is 9.55. The third kappa shape index (κ3) is 5.15. The van der Waals surface area contributed by atoms with Gasteiger partial charge in [-0.05, 0) is 52.2 Å². The number of hydrogen-bond acceptors (Lipinski definition) is 3. The zero-order valence-electron chi connectivity index (χ0n) is 15.3. The van der Waals surface area contributed by atoms with Crippen LogP contribution < -0.4 is 9.47 Å². The van der Waals surface area contributed by atoms with Crippen LogP contribution >= 0.6 is 0 Å². The molecule has 4 heteroatoms. The van der Waals surface area contributed by atoms with Gasteiger partial charge in [0.05, 0.1) is 13.2 Å². The number of nitrogens with zero attached hydrogens (tertiary/aromatic N) is 1. The van der Waals surface area contributed by atoms with Gasteiger partial charge in [-0.2, -0.15) is 0 Å². The number of benzene rings is 1. The lowest BCUT2D eigenvalue weighted by Gasteiger charge is -2.33. The largest absolute Gasteiger partial charge is 0.490 e. The van der Waals surface area contributed by atoms with Gasteiger partial charge in [0.1, 0.15) is 0 Å². The molecule has 0 radical (unpaired) electrons. The molecule has 1 aliphatic carbocycles. The van der Waals surface area contributed by atoms with E-state index in [1.165, 1.54) is 12.8 Å². The van der Waals surface area contributed by atoms with E-state index >= 15 is 0 Å². The molecule has 2 rings (SSSR count). The Morgan fingerprint density at radius 2 is 1.79 bits per heavy atom. The van der Waals surface area contributed by atoms with Crippen molar-refractivity contribution in [3.63, 3.8) is 0 Å². The maximum absolute atomic E-state index is 12.6. The molecule has 1 fully saturated rings. The highest BCUT2D eigenvalue weighted by Gasteiger charge is 2.28. The molecule has 134 valence electrons. The topological polar surface area (TPSA) is 38.8 Å². The number of carbonyl (C=O) groups is 1. The summed E-state index contributed by atoms with van der Waals surface area (Å²) in [6.45, 7) is 7.34. The summed E-state index contributed by atoms with van der Waals surface area (Å²) in [6, 6.07) is 8.40. The number of carbonyl (C=O) groups excluding carboxylic acids is 1. The third-order valence-electron chi connectivity index (χ3n) is 4.50. The van der Waals surface area contributed by atoms with Gasteiger partial charge in [0.2, 0.25) is 5.91 Å². The normalized spacial score (nSPS) is 14.8. The lowest BCUT2D eigenvalue weighted by atomic mass is 10.1. The van der Waals surface area contributed by atoms with Crippen molar-refractivity contribution in [2.75, 3.05) is 13.2 Å². The summed E-state index contributed by atoms with van der Waals surface area (Å²) >= 11 is 0. The number of hydrogen-bond donors (Lipinski definition) is 0. The second-order valence-corrected chi connectivity index (χ2v) is 6.66. The Bertz CT molecular complexity index is 509. The van der Waals surface area contributed by atoms with Crippen LogP contribution in [0.25, 0.3) is 0 Å². The lowest BCUT2D eigenvalue weighted by Crippen LogP contribution is -2.43. The fourth-order valence-electron chi connectivity index (χ4n) is 3.47. The molecule has 0 aliphatic heterocycles. The zero-order valence-corrected chi connectivity index (χ0v) is 15.3. The van der Waals surface area contributed by atoms with Crippen LogP contribution in [-0.2, 0) is 4.79 Å². The summed E-state index contributed by atoms with van der Waals surface area (Å²) < 4.78 is 11.4. The lowest BCUT2D eigenvalue weighted by molar-refractivity contribution is -0.135. The van der Waals surface area contributed by atoms with E-state index in [0.29, 0.717) is 25.7 Å². The molecule has 1 aromatic carbocycles. The van der Waals surface area contributed by atoms with E-state index < -0.39 is 0 Å². The Morgan fingerprint density at radius 3 is 2.38 bits per heavy atom. The van der Waals surface area contributed by atoms with Crippen molar-refractivity contribution in [3.8, 4) is 11.5 Å². The average molecular weight is 333 g/mol. The monoisotopic (exact) mass is 333 g/mol. The van der Waals surface area contributed by atoms with Gasteiger partial charge >= 0.3 is 0 Å². The van der Waals surface area contributed by atoms with Crippen LogP contribution in [0.5, 0.6) is 11.5 Å². The Balaban J connectivity index is 1.79. The maximum atomic E-state index is 12.6. The number of para-hydroxylation sites is 2. The molecule has 0 unspecified atom stereocenters. The minimum Gasteiger partial charge on any atom is -0.490 e. The molecule has 1 aromatic rings. The summed E-state index contributed by atoms with van der Waals surface area (Å²) in [7, 11) is 0. The van der Waals surface area contributed by atoms with E-state index in [9.17, 15) is 4.79 Å². The molecule has 4 nitrogen and oxygen atoms in total. The van der Waals surface area contributed by atoms with Crippen LogP contribution in [0, 0.1) is 0 Å². The molecule has 0 heterocycles. The molecule has 24 heavy (non-hydrogen) atoms. The first-order chi connectivity index (χ1) is 11.6. The highest BCUT2D eigenvalue weighted by atomic mass is 16.5. The minimum atomic E-state index is 0.263. The minimum absolute atomic E-state index is 0.263. The predicted molar refractivity (Wildman–Crippen MR) is 96.6 cm³/mol. The van der Waals surface area contributed by atoms with Crippen LogP contribution in [0.3, 0.4) is 0 Å². The molecular weight excluding hydrogens is 302 g/mol. The highest BCUT2D eigenvalue weighted by molar-refractivity contribution is 5.76. The van der Waals surface area contributed by atoms with Crippen LogP contribution in [0.1, 0.15) is 59.3 Å². The van der Waals surface area contributed by atoms with E-state index in [0.717, 1.165) is 30.8 Å². The fourth-order valence-corrected chi connectivity index (χ4v) is 3.47. The van der Waals surface area contributed by atoms with Crippen LogP contribution in [-0.4, -0.2) is 36.1 Å². The van der Waals surface area contributed by atoms with E-state index in [-0.39, 0.29) is 11.9 Å². The Morgan fingerprint density at radius 1 is 1.17 bits per heavy atom. The molecule has 0 atom stereocenters. The van der Waals surface area contributed by atoms with Gasteiger partial charge in [-0.25, -0.2) is 0 Å². The van der Waals surface area contributed by atoms with Gasteiger partial charge in [-0.15, -0.1) is 0 Å². The Labute approximate surface area is 146 Å². The predicted octanol–water partition coefficient (Wildman–Crippen LogP) is 4.42. The second-order valence-electron chi connectivity index (χ2n) is 6.66. The molecule has 0 saturated heterocycles. The highest BCUT2D eigenvalue weighted by Crippen LogP contribution is 2.27. The summed E-state index contributed by atoms with van der Waals surface area (Å²) in [5.74, 6) is 1.78. The maximum Gasteiger partial charge on any atom is 0.223 e. The molecule has 0 bridgehead atoms. The first kappa shape index (κ1) is 18.6. The van der Waals surface area contributed by atoms with Crippen molar-refractivity contribution in [1.82, 2.24) is 4.90 Å². The van der Waals surface area contributed by atoms with Gasteiger partial charge in [-0.1, -0.05) is 25.0 Å². The van der Waals surface area contributed by atoms with Gasteiger partial charge in [0.25, 0.3) is 0 Å². The van der Waals surface area contributed by atoms with Gasteiger partial charge in [0, 0.05) is 18.5 Å². The van der Waals surface area contributed by atoms with Crippen LogP contribution in [0.4, 0.5) is 0 Å². The van der Waals surface area contributed by atoms with Crippen LogP contribution in [0.2, 0.25) is 0 Å². The molecule has 0 spiro atoms. The van der Waals surface area contributed by atoms with Gasteiger partial charge in [-0.3, -0.25) is 4.79 Å². The summed E-state index contributed by atoms with van der Waals surface area (Å²) in [6.07, 6.45) is 6.09. The summed E-state index contributed by atoms with van der Waals surface area (Å²) in [5, 5.41) is 0. The summed E-state index contributed by atoms with van der Waals surface area (Å²) in [4.78, 5) is 14.7. The van der Waals surface area contributed by atoms with E-state index in [1.807, 2.05) is 31.2 Å². The first-order valence-corrected chi connectivity index (χ1v) is 9.29. The van der Waals surface area contributed by atoms with Crippen molar-refractivity contribution in [2.24, 2.45) is 0 Å². The molecule has 0 N–H and O–H groups in total. The SMILES string of the molecule is CCOc1ccccc1OCCCC(=O)N(C(C)C)C1CCCC1. The van der Waals surface area contributed by atoms with Gasteiger partial charge in [0.15, 0.2) is 11.5 Å². The average Bonchev–Trinajstić information content (AvgIpc) is 3.07. The first-order valence-electron chi connectivity index (χ1n) is 9.29. The van der Waals surface area contributed by atoms with Crippen molar-refractivity contribution in [1.29, 1.82) is 0 Å². The standard InChI is InChI=1S/C20H31NO3/c1-4-23-18-12-7-8-13-19(18)24-15-9-14-20(22)21(16(2)3)17-10-5-6-11-17/h7-8,12-13,16-17H,4-6,9-11,14-15H2,1-3H3. The van der Waals surface area contributed by atoms with Crippen LogP contribution in [0.15, 0.2) is 24.3 Å². The van der Waals surface area contributed by atoms with E-state index in [1.54, 1.807) is 0 Å². The zero-order chi connectivity index (χ0) is 17.4. The van der Waals surface area contributed by atoms with E-state index in [4.69, 9.17) is 9.47 Å². The fraction of sp³-hybridized carbons (Fsp3) is 0.650. The quantitative estimate of drug-likeness (QED) is 0.628. The number of ether oxygens (including phenoxy) is 2. The number of amides is 1. The summed E-state index contributed by atoms with van der Waals surface area (Å²) in [5.41, 5.74) is 0. The van der Waals surface area contributed by atoms with Crippen molar-refractivity contribution >= 4 is 5.91 Å². The van der Waals surface area contributed by atoms with Gasteiger partial charge < -0.3 is 14.4 Å². The van der Waals surface area contributed by atoms with Crippen molar-refractivity contribution in [2.45, 2.75) is 71.4 Å². The smallest absolute Gasteiger partial charge is 0.223 e. The molecule has 0 aromatic heterocycles. The molecule has 1 amide bonds. The Kier molecular flexibility index (Phi) is 7.41. The molecular formula is C20H31NO3. The third-order valence-corrected chi connectivity index (χ3v) is 4.50. The molecule has 1 aliphatic rings. The van der Waals surface area contributed by atoms with Crippen molar-refractivity contribution in [3.05, 3.63) is 24.3 Å². The molecule has 1 saturated carbocycles. The van der Waals surface area contributed by atoms with E-state index in [2.05, 4.69) is 18.7 Å². The number of rotatable bonds is 9. The Hall–Kier alpha value is -1.71.